The number of imidazole rings is 1. The SMILES string of the molecule is C/C=C\c1ccc(OCc2nc3ccccc3[nH]2)c(OC)c1. The number of methoxy groups -OCH3 is 1. The number of ether oxygens (including phenoxy) is 2. The Kier molecular flexibility index (Phi) is 4.10. The Hall–Kier alpha value is -2.75. The lowest BCUT2D eigenvalue weighted by Crippen LogP contribution is -1.99. The molecule has 0 saturated heterocycles. The van der Waals surface area contributed by atoms with E-state index in [1.807, 2.05) is 61.5 Å². The molecule has 0 atom stereocenters. The number of hydrogen-bond donors (Lipinski definition) is 1. The molecule has 0 spiro atoms. The van der Waals surface area contributed by atoms with Gasteiger partial charge < -0.3 is 14.5 Å². The molecule has 1 aromatic heterocycles. The molecule has 0 aliphatic carbocycles. The van der Waals surface area contributed by atoms with E-state index in [9.17, 15) is 0 Å². The molecule has 3 rings (SSSR count). The summed E-state index contributed by atoms with van der Waals surface area (Å²) < 4.78 is 11.2. The highest BCUT2D eigenvalue weighted by Gasteiger charge is 2.07. The van der Waals surface area contributed by atoms with Crippen LogP contribution in [0.5, 0.6) is 11.5 Å². The number of nitrogens with zero attached hydrogens (tertiary/aromatic N) is 1. The lowest BCUT2D eigenvalue weighted by atomic mass is 10.2. The van der Waals surface area contributed by atoms with E-state index in [-0.39, 0.29) is 0 Å². The summed E-state index contributed by atoms with van der Waals surface area (Å²) in [6.07, 6.45) is 4.01. The van der Waals surface area contributed by atoms with Crippen LogP contribution in [0, 0.1) is 0 Å². The quantitative estimate of drug-likeness (QED) is 0.767. The third-order valence-electron chi connectivity index (χ3n) is 3.35. The zero-order valence-corrected chi connectivity index (χ0v) is 12.7. The molecular weight excluding hydrogens is 276 g/mol. The maximum absolute atomic E-state index is 5.83. The molecule has 2 aromatic carbocycles. The van der Waals surface area contributed by atoms with E-state index in [2.05, 4.69) is 9.97 Å². The van der Waals surface area contributed by atoms with Crippen LogP contribution in [0.15, 0.2) is 48.5 Å². The van der Waals surface area contributed by atoms with Crippen molar-refractivity contribution in [2.24, 2.45) is 0 Å². The van der Waals surface area contributed by atoms with E-state index in [1.165, 1.54) is 0 Å². The predicted molar refractivity (Wildman–Crippen MR) is 88.1 cm³/mol. The van der Waals surface area contributed by atoms with Crippen molar-refractivity contribution < 1.29 is 9.47 Å². The largest absolute Gasteiger partial charge is 0.493 e. The normalized spacial score (nSPS) is 11.2. The summed E-state index contributed by atoms with van der Waals surface area (Å²) >= 11 is 0. The van der Waals surface area contributed by atoms with Gasteiger partial charge in [0.05, 0.1) is 18.1 Å². The molecule has 0 aliphatic rings. The number of benzene rings is 2. The van der Waals surface area contributed by atoms with Gasteiger partial charge in [-0.15, -0.1) is 0 Å². The standard InChI is InChI=1S/C18H18N2O2/c1-3-6-13-9-10-16(17(11-13)21-2)22-12-18-19-14-7-4-5-8-15(14)20-18/h3-11H,12H2,1-2H3,(H,19,20)/b6-3-. The Labute approximate surface area is 129 Å². The van der Waals surface area contributed by atoms with Gasteiger partial charge in [0.1, 0.15) is 12.4 Å². The first-order valence-corrected chi connectivity index (χ1v) is 7.17. The first-order valence-electron chi connectivity index (χ1n) is 7.17. The Balaban J connectivity index is 1.78. The molecule has 22 heavy (non-hydrogen) atoms. The second-order valence-corrected chi connectivity index (χ2v) is 4.90. The maximum atomic E-state index is 5.83. The number of aromatic amines is 1. The van der Waals surface area contributed by atoms with Gasteiger partial charge in [-0.1, -0.05) is 30.4 Å². The van der Waals surface area contributed by atoms with Crippen molar-refractivity contribution in [3.05, 3.63) is 59.9 Å². The molecule has 0 aliphatic heterocycles. The zero-order chi connectivity index (χ0) is 15.4. The van der Waals surface area contributed by atoms with Gasteiger partial charge in [0.2, 0.25) is 0 Å². The van der Waals surface area contributed by atoms with Crippen LogP contribution in [0.4, 0.5) is 0 Å². The Morgan fingerprint density at radius 2 is 2.00 bits per heavy atom. The summed E-state index contributed by atoms with van der Waals surface area (Å²) in [7, 11) is 1.64. The summed E-state index contributed by atoms with van der Waals surface area (Å²) in [4.78, 5) is 7.74. The summed E-state index contributed by atoms with van der Waals surface area (Å²) in [5.41, 5.74) is 3.03. The Morgan fingerprint density at radius 1 is 1.14 bits per heavy atom. The number of para-hydroxylation sites is 2. The van der Waals surface area contributed by atoms with Gasteiger partial charge in [-0.2, -0.15) is 0 Å². The van der Waals surface area contributed by atoms with E-state index in [0.29, 0.717) is 18.1 Å². The predicted octanol–water partition coefficient (Wildman–Crippen LogP) is 4.18. The highest BCUT2D eigenvalue weighted by Crippen LogP contribution is 2.29. The molecule has 0 bridgehead atoms. The zero-order valence-electron chi connectivity index (χ0n) is 12.7. The third-order valence-corrected chi connectivity index (χ3v) is 3.35. The van der Waals surface area contributed by atoms with Gasteiger partial charge in [-0.05, 0) is 36.8 Å². The van der Waals surface area contributed by atoms with Crippen molar-refractivity contribution in [3.63, 3.8) is 0 Å². The Morgan fingerprint density at radius 3 is 2.77 bits per heavy atom. The first kappa shape index (κ1) is 14.2. The molecule has 1 N–H and O–H groups in total. The molecule has 0 saturated carbocycles. The average Bonchev–Trinajstić information content (AvgIpc) is 2.96. The minimum atomic E-state index is 0.369. The molecule has 112 valence electrons. The minimum absolute atomic E-state index is 0.369. The van der Waals surface area contributed by atoms with Crippen LogP contribution in [-0.2, 0) is 6.61 Å². The fourth-order valence-electron chi connectivity index (χ4n) is 2.32. The number of nitrogens with one attached hydrogen (secondary N) is 1. The molecule has 0 fully saturated rings. The number of fused-ring (bicyclic) bond motifs is 1. The van der Waals surface area contributed by atoms with Crippen molar-refractivity contribution in [2.75, 3.05) is 7.11 Å². The van der Waals surface area contributed by atoms with Crippen LogP contribution in [0.25, 0.3) is 17.1 Å². The monoisotopic (exact) mass is 294 g/mol. The van der Waals surface area contributed by atoms with Crippen LogP contribution in [0.2, 0.25) is 0 Å². The Bertz CT molecular complexity index is 773. The molecule has 1 heterocycles. The van der Waals surface area contributed by atoms with Gasteiger partial charge in [0.15, 0.2) is 11.5 Å². The summed E-state index contributed by atoms with van der Waals surface area (Å²) in [5.74, 6) is 2.21. The number of rotatable bonds is 5. The van der Waals surface area contributed by atoms with E-state index in [0.717, 1.165) is 22.4 Å². The number of allylic oxidation sites excluding steroid dienone is 1. The second-order valence-electron chi connectivity index (χ2n) is 4.90. The van der Waals surface area contributed by atoms with Crippen LogP contribution in [0.1, 0.15) is 18.3 Å². The van der Waals surface area contributed by atoms with Crippen molar-refractivity contribution in [1.82, 2.24) is 9.97 Å². The summed E-state index contributed by atoms with van der Waals surface area (Å²) in [6.45, 7) is 2.35. The van der Waals surface area contributed by atoms with Crippen molar-refractivity contribution in [3.8, 4) is 11.5 Å². The topological polar surface area (TPSA) is 47.1 Å². The first-order chi connectivity index (χ1) is 10.8. The van der Waals surface area contributed by atoms with Crippen molar-refractivity contribution >= 4 is 17.1 Å². The lowest BCUT2D eigenvalue weighted by Gasteiger charge is -2.10. The molecule has 4 heteroatoms. The summed E-state index contributed by atoms with van der Waals surface area (Å²) in [6, 6.07) is 13.8. The molecule has 0 unspecified atom stereocenters. The highest BCUT2D eigenvalue weighted by atomic mass is 16.5. The number of aromatic nitrogens is 2. The van der Waals surface area contributed by atoms with Gasteiger partial charge >= 0.3 is 0 Å². The van der Waals surface area contributed by atoms with E-state index >= 15 is 0 Å². The van der Waals surface area contributed by atoms with Crippen LogP contribution in [0.3, 0.4) is 0 Å². The summed E-state index contributed by atoms with van der Waals surface area (Å²) in [5, 5.41) is 0. The third kappa shape index (κ3) is 2.96. The molecule has 0 radical (unpaired) electrons. The highest BCUT2D eigenvalue weighted by molar-refractivity contribution is 5.74. The molecular formula is C18H18N2O2. The van der Waals surface area contributed by atoms with Crippen LogP contribution >= 0.6 is 0 Å². The van der Waals surface area contributed by atoms with Gasteiger partial charge in [0.25, 0.3) is 0 Å². The van der Waals surface area contributed by atoms with E-state index in [4.69, 9.17) is 9.47 Å². The number of hydrogen-bond acceptors (Lipinski definition) is 3. The molecule has 0 amide bonds. The van der Waals surface area contributed by atoms with Crippen molar-refractivity contribution in [2.45, 2.75) is 13.5 Å². The van der Waals surface area contributed by atoms with Crippen molar-refractivity contribution in [1.29, 1.82) is 0 Å². The van der Waals surface area contributed by atoms with E-state index in [1.54, 1.807) is 7.11 Å². The fourth-order valence-corrected chi connectivity index (χ4v) is 2.32. The van der Waals surface area contributed by atoms with Gasteiger partial charge in [0, 0.05) is 0 Å². The maximum Gasteiger partial charge on any atom is 0.161 e. The lowest BCUT2D eigenvalue weighted by molar-refractivity contribution is 0.277. The van der Waals surface area contributed by atoms with E-state index < -0.39 is 0 Å². The van der Waals surface area contributed by atoms with Gasteiger partial charge in [-0.25, -0.2) is 4.98 Å². The smallest absolute Gasteiger partial charge is 0.161 e. The second kappa shape index (κ2) is 6.35. The fraction of sp³-hybridized carbons (Fsp3) is 0.167. The van der Waals surface area contributed by atoms with Crippen LogP contribution in [-0.4, -0.2) is 17.1 Å². The number of H-pyrrole nitrogens is 1. The van der Waals surface area contributed by atoms with Crippen LogP contribution < -0.4 is 9.47 Å². The molecule has 3 aromatic rings. The van der Waals surface area contributed by atoms with Gasteiger partial charge in [-0.3, -0.25) is 0 Å². The average molecular weight is 294 g/mol. The molecule has 4 nitrogen and oxygen atoms in total. The minimum Gasteiger partial charge on any atom is -0.493 e.